The second kappa shape index (κ2) is 3.87. The Morgan fingerprint density at radius 3 is 2.72 bits per heavy atom. The molecule has 1 unspecified atom stereocenters. The molecule has 0 saturated carbocycles. The molecule has 0 bridgehead atoms. The quantitative estimate of drug-likeness (QED) is 0.813. The molecule has 0 saturated heterocycles. The van der Waals surface area contributed by atoms with Crippen LogP contribution in [0.5, 0.6) is 5.88 Å². The van der Waals surface area contributed by atoms with Crippen LogP contribution in [0.4, 0.5) is 0 Å². The van der Waals surface area contributed by atoms with Crippen molar-refractivity contribution in [2.45, 2.75) is 19.6 Å². The Kier molecular flexibility index (Phi) is 2.33. The number of rotatable bonds is 1. The summed E-state index contributed by atoms with van der Waals surface area (Å²) in [6, 6.07) is 9.20. The van der Waals surface area contributed by atoms with E-state index in [0.717, 1.165) is 5.56 Å². The van der Waals surface area contributed by atoms with Gasteiger partial charge in [0.25, 0.3) is 5.56 Å². The van der Waals surface area contributed by atoms with E-state index in [9.17, 15) is 9.59 Å². The van der Waals surface area contributed by atoms with Gasteiger partial charge in [-0.15, -0.1) is 0 Å². The number of hydrogen-bond donors (Lipinski definition) is 1. The molecule has 0 amide bonds. The van der Waals surface area contributed by atoms with Gasteiger partial charge in [-0.05, 0) is 12.5 Å². The molecule has 1 atom stereocenters. The summed E-state index contributed by atoms with van der Waals surface area (Å²) in [6.45, 7) is 2.33. The zero-order valence-corrected chi connectivity index (χ0v) is 9.84. The van der Waals surface area contributed by atoms with Crippen LogP contribution in [0.2, 0.25) is 0 Å². The summed E-state index contributed by atoms with van der Waals surface area (Å²) in [7, 11) is 0. The smallest absolute Gasteiger partial charge is 0.331 e. The van der Waals surface area contributed by atoms with Crippen molar-refractivity contribution in [1.29, 1.82) is 0 Å². The molecule has 5 heteroatoms. The predicted octanol–water partition coefficient (Wildman–Crippen LogP) is 0.984. The fraction of sp³-hybridized carbons (Fsp3) is 0.231. The highest BCUT2D eigenvalue weighted by molar-refractivity contribution is 5.67. The molecule has 1 aromatic heterocycles. The minimum Gasteiger partial charge on any atom is -0.473 e. The zero-order chi connectivity index (χ0) is 12.7. The second-order valence-corrected chi connectivity index (χ2v) is 4.34. The fourth-order valence-electron chi connectivity index (χ4n) is 2.18. The average Bonchev–Trinajstić information content (AvgIpc) is 2.72. The van der Waals surface area contributed by atoms with E-state index in [1.165, 1.54) is 4.57 Å². The first kappa shape index (κ1) is 10.8. The van der Waals surface area contributed by atoms with Crippen LogP contribution in [0.15, 0.2) is 39.9 Å². The summed E-state index contributed by atoms with van der Waals surface area (Å²) in [5.74, 6) is 0.363. The van der Waals surface area contributed by atoms with Gasteiger partial charge in [-0.2, -0.15) is 0 Å². The van der Waals surface area contributed by atoms with Crippen LogP contribution in [0.3, 0.4) is 0 Å². The number of aromatic amines is 1. The molecule has 2 heterocycles. The lowest BCUT2D eigenvalue weighted by Gasteiger charge is -2.07. The number of aromatic nitrogens is 2. The van der Waals surface area contributed by atoms with E-state index in [2.05, 4.69) is 4.98 Å². The standard InChI is InChI=1S/C13H12N2O3/c1-8-7-15-12(18-8)10(11(16)14-13(15)17)9-5-3-2-4-6-9/h2-6,8H,7H2,1H3,(H,14,16,17). The number of ether oxygens (including phenoxy) is 1. The molecule has 18 heavy (non-hydrogen) atoms. The normalized spacial score (nSPS) is 17.3. The number of nitrogens with one attached hydrogen (secondary N) is 1. The topological polar surface area (TPSA) is 64.1 Å². The van der Waals surface area contributed by atoms with E-state index in [1.54, 1.807) is 0 Å². The lowest BCUT2D eigenvalue weighted by molar-refractivity contribution is 0.255. The zero-order valence-electron chi connectivity index (χ0n) is 9.84. The highest BCUT2D eigenvalue weighted by Gasteiger charge is 2.26. The maximum atomic E-state index is 12.0. The Labute approximate surface area is 103 Å². The number of hydrogen-bond acceptors (Lipinski definition) is 3. The van der Waals surface area contributed by atoms with Crippen molar-refractivity contribution in [2.24, 2.45) is 0 Å². The van der Waals surface area contributed by atoms with Gasteiger partial charge < -0.3 is 4.74 Å². The molecule has 0 spiro atoms. The van der Waals surface area contributed by atoms with E-state index in [0.29, 0.717) is 18.0 Å². The summed E-state index contributed by atoms with van der Waals surface area (Å²) in [5, 5.41) is 0. The third kappa shape index (κ3) is 1.55. The molecule has 1 N–H and O–H groups in total. The second-order valence-electron chi connectivity index (χ2n) is 4.34. The minimum absolute atomic E-state index is 0.102. The van der Waals surface area contributed by atoms with Crippen LogP contribution in [-0.4, -0.2) is 15.7 Å². The summed E-state index contributed by atoms with van der Waals surface area (Å²) < 4.78 is 7.06. The van der Waals surface area contributed by atoms with Crippen molar-refractivity contribution in [3.63, 3.8) is 0 Å². The maximum absolute atomic E-state index is 12.0. The van der Waals surface area contributed by atoms with Gasteiger partial charge in [-0.1, -0.05) is 30.3 Å². The molecule has 2 aromatic rings. The SMILES string of the molecule is CC1Cn2c(c(-c3ccccc3)c(=O)[nH]c2=O)O1. The van der Waals surface area contributed by atoms with Crippen molar-refractivity contribution >= 4 is 0 Å². The van der Waals surface area contributed by atoms with Crippen LogP contribution in [0, 0.1) is 0 Å². The van der Waals surface area contributed by atoms with Crippen LogP contribution >= 0.6 is 0 Å². The van der Waals surface area contributed by atoms with E-state index in [-0.39, 0.29) is 6.10 Å². The molecule has 92 valence electrons. The Hall–Kier alpha value is -2.30. The van der Waals surface area contributed by atoms with Gasteiger partial charge in [0.2, 0.25) is 5.88 Å². The molecular formula is C13H12N2O3. The van der Waals surface area contributed by atoms with E-state index in [4.69, 9.17) is 4.74 Å². The van der Waals surface area contributed by atoms with Crippen molar-refractivity contribution in [1.82, 2.24) is 9.55 Å². The molecule has 0 aliphatic carbocycles. The molecule has 1 aromatic carbocycles. The van der Waals surface area contributed by atoms with Gasteiger partial charge in [0, 0.05) is 0 Å². The lowest BCUT2D eigenvalue weighted by atomic mass is 10.1. The largest absolute Gasteiger partial charge is 0.473 e. The van der Waals surface area contributed by atoms with Gasteiger partial charge >= 0.3 is 5.69 Å². The average molecular weight is 244 g/mol. The number of benzene rings is 1. The Morgan fingerprint density at radius 1 is 1.28 bits per heavy atom. The van der Waals surface area contributed by atoms with Crippen molar-refractivity contribution in [3.8, 4) is 17.0 Å². The lowest BCUT2D eigenvalue weighted by Crippen LogP contribution is -2.29. The van der Waals surface area contributed by atoms with Gasteiger partial charge in [0.05, 0.1) is 6.54 Å². The monoisotopic (exact) mass is 244 g/mol. The van der Waals surface area contributed by atoms with E-state index in [1.807, 2.05) is 37.3 Å². The van der Waals surface area contributed by atoms with Gasteiger partial charge in [0.15, 0.2) is 0 Å². The molecule has 5 nitrogen and oxygen atoms in total. The predicted molar refractivity (Wildman–Crippen MR) is 66.8 cm³/mol. The Morgan fingerprint density at radius 2 is 2.00 bits per heavy atom. The van der Waals surface area contributed by atoms with E-state index < -0.39 is 11.2 Å². The molecule has 0 radical (unpaired) electrons. The van der Waals surface area contributed by atoms with Crippen molar-refractivity contribution in [2.75, 3.05) is 0 Å². The fourth-order valence-corrected chi connectivity index (χ4v) is 2.18. The summed E-state index contributed by atoms with van der Waals surface area (Å²) in [5.41, 5.74) is 0.335. The van der Waals surface area contributed by atoms with Crippen LogP contribution in [-0.2, 0) is 6.54 Å². The summed E-state index contributed by atoms with van der Waals surface area (Å²) in [6.07, 6.45) is -0.102. The summed E-state index contributed by atoms with van der Waals surface area (Å²) >= 11 is 0. The first-order chi connectivity index (χ1) is 8.66. The first-order valence-electron chi connectivity index (χ1n) is 5.76. The van der Waals surface area contributed by atoms with Gasteiger partial charge in [-0.25, -0.2) is 4.79 Å². The molecule has 3 rings (SSSR count). The summed E-state index contributed by atoms with van der Waals surface area (Å²) in [4.78, 5) is 26.0. The van der Waals surface area contributed by atoms with E-state index >= 15 is 0 Å². The molecular weight excluding hydrogens is 232 g/mol. The number of nitrogens with zero attached hydrogens (tertiary/aromatic N) is 1. The van der Waals surface area contributed by atoms with Crippen LogP contribution in [0.25, 0.3) is 11.1 Å². The highest BCUT2D eigenvalue weighted by atomic mass is 16.5. The molecule has 1 aliphatic heterocycles. The number of H-pyrrole nitrogens is 1. The first-order valence-corrected chi connectivity index (χ1v) is 5.76. The third-order valence-corrected chi connectivity index (χ3v) is 2.97. The number of fused-ring (bicyclic) bond motifs is 1. The van der Waals surface area contributed by atoms with Crippen molar-refractivity contribution in [3.05, 3.63) is 51.2 Å². The van der Waals surface area contributed by atoms with Gasteiger partial charge in [0.1, 0.15) is 11.7 Å². The third-order valence-electron chi connectivity index (χ3n) is 2.97. The minimum atomic E-state index is -0.418. The molecule has 0 fully saturated rings. The molecule has 1 aliphatic rings. The maximum Gasteiger partial charge on any atom is 0.331 e. The highest BCUT2D eigenvalue weighted by Crippen LogP contribution is 2.29. The Balaban J connectivity index is 2.32. The Bertz CT molecular complexity index is 700. The van der Waals surface area contributed by atoms with Crippen molar-refractivity contribution < 1.29 is 4.74 Å². The van der Waals surface area contributed by atoms with Crippen LogP contribution < -0.4 is 16.0 Å². The van der Waals surface area contributed by atoms with Crippen LogP contribution in [0.1, 0.15) is 6.92 Å². The van der Waals surface area contributed by atoms with Gasteiger partial charge in [-0.3, -0.25) is 14.3 Å².